The van der Waals surface area contributed by atoms with Crippen molar-refractivity contribution >= 4 is 12.6 Å². The van der Waals surface area contributed by atoms with Crippen molar-refractivity contribution in [1.82, 2.24) is 0 Å². The molecule has 0 radical (unpaired) electrons. The quantitative estimate of drug-likeness (QED) is 0.605. The molecule has 0 aliphatic rings. The molecule has 0 atom stereocenters. The van der Waals surface area contributed by atoms with E-state index in [9.17, 15) is 13.2 Å². The maximum absolute atomic E-state index is 11.8. The normalized spacial score (nSPS) is 11.4. The van der Waals surface area contributed by atoms with Crippen molar-refractivity contribution in [3.63, 3.8) is 0 Å². The van der Waals surface area contributed by atoms with Gasteiger partial charge in [0.2, 0.25) is 0 Å². The molecule has 1 aromatic rings. The lowest BCUT2D eigenvalue weighted by atomic mass is 9.80. The highest BCUT2D eigenvalue weighted by atomic mass is 19.4. The summed E-state index contributed by atoms with van der Waals surface area (Å²) in [5.41, 5.74) is 0.299. The van der Waals surface area contributed by atoms with Gasteiger partial charge in [-0.05, 0) is 24.0 Å². The topological polar surface area (TPSA) is 49.7 Å². The summed E-state index contributed by atoms with van der Waals surface area (Å²) in [6.07, 6.45) is -5.14. The van der Waals surface area contributed by atoms with Crippen LogP contribution >= 0.6 is 0 Å². The smallest absolute Gasteiger partial charge is 0.488 e. The monoisotopic (exact) mass is 248 g/mol. The lowest BCUT2D eigenvalue weighted by Crippen LogP contribution is -2.29. The molecule has 0 amide bonds. The average molecular weight is 248 g/mol. The Kier molecular flexibility index (Phi) is 4.83. The summed E-state index contributed by atoms with van der Waals surface area (Å²) in [5, 5.41) is 17.6. The first-order chi connectivity index (χ1) is 7.88. The third kappa shape index (κ3) is 5.60. The Morgan fingerprint density at radius 2 is 1.71 bits per heavy atom. The van der Waals surface area contributed by atoms with Gasteiger partial charge in [-0.3, -0.25) is 0 Å². The second kappa shape index (κ2) is 5.93. The Labute approximate surface area is 97.0 Å². The van der Waals surface area contributed by atoms with Crippen molar-refractivity contribution in [3.8, 4) is 5.75 Å². The van der Waals surface area contributed by atoms with Crippen LogP contribution in [0.4, 0.5) is 13.2 Å². The Hall–Kier alpha value is -1.21. The highest BCUT2D eigenvalue weighted by Gasteiger charge is 2.26. The molecule has 17 heavy (non-hydrogen) atoms. The summed E-state index contributed by atoms with van der Waals surface area (Å²) >= 11 is 0. The minimum absolute atomic E-state index is 0.0272. The van der Waals surface area contributed by atoms with E-state index in [1.807, 2.05) is 0 Å². The van der Waals surface area contributed by atoms with E-state index in [4.69, 9.17) is 14.8 Å². The van der Waals surface area contributed by atoms with Crippen molar-refractivity contribution in [2.75, 3.05) is 6.61 Å². The van der Waals surface area contributed by atoms with Crippen LogP contribution in [0.25, 0.3) is 0 Å². The highest BCUT2D eigenvalue weighted by Crippen LogP contribution is 2.21. The maximum atomic E-state index is 11.8. The van der Waals surface area contributed by atoms with Crippen LogP contribution in [-0.4, -0.2) is 29.9 Å². The molecular formula is C10H12BF3O3. The van der Waals surface area contributed by atoms with Crippen LogP contribution in [0.3, 0.4) is 0 Å². The molecule has 0 spiro atoms. The average Bonchev–Trinajstić information content (AvgIpc) is 2.24. The van der Waals surface area contributed by atoms with Crippen LogP contribution in [0.5, 0.6) is 5.75 Å². The predicted molar refractivity (Wildman–Crippen MR) is 57.1 cm³/mol. The van der Waals surface area contributed by atoms with E-state index in [2.05, 4.69) is 0 Å². The van der Waals surface area contributed by atoms with Gasteiger partial charge >= 0.3 is 13.3 Å². The molecule has 2 N–H and O–H groups in total. The van der Waals surface area contributed by atoms with Crippen LogP contribution < -0.4 is 10.2 Å². The van der Waals surface area contributed by atoms with Crippen molar-refractivity contribution in [2.45, 2.75) is 19.0 Å². The Bertz CT molecular complexity index is 338. The largest absolute Gasteiger partial charge is 0.494 e. The molecule has 0 unspecified atom stereocenters. The molecular weight excluding hydrogens is 236 g/mol. The van der Waals surface area contributed by atoms with E-state index in [1.165, 1.54) is 24.3 Å². The first-order valence-corrected chi connectivity index (χ1v) is 5.04. The Morgan fingerprint density at radius 3 is 2.18 bits per heavy atom. The molecule has 0 heterocycles. The zero-order chi connectivity index (χ0) is 12.9. The molecule has 0 saturated heterocycles. The fraction of sp³-hybridized carbons (Fsp3) is 0.400. The molecule has 0 aliphatic carbocycles. The zero-order valence-corrected chi connectivity index (χ0v) is 8.94. The Balaban J connectivity index is 2.33. The summed E-state index contributed by atoms with van der Waals surface area (Å²) in [6, 6.07) is 5.82. The molecule has 1 aromatic carbocycles. The number of halogens is 3. The summed E-state index contributed by atoms with van der Waals surface area (Å²) < 4.78 is 40.5. The maximum Gasteiger partial charge on any atom is 0.488 e. The molecule has 3 nitrogen and oxygen atoms in total. The number of hydrogen-bond acceptors (Lipinski definition) is 3. The van der Waals surface area contributed by atoms with Crippen LogP contribution in [0.1, 0.15) is 12.8 Å². The fourth-order valence-corrected chi connectivity index (χ4v) is 1.20. The van der Waals surface area contributed by atoms with Crippen molar-refractivity contribution in [2.24, 2.45) is 0 Å². The van der Waals surface area contributed by atoms with Crippen LogP contribution in [0, 0.1) is 0 Å². The van der Waals surface area contributed by atoms with Crippen LogP contribution in [0.15, 0.2) is 24.3 Å². The highest BCUT2D eigenvalue weighted by molar-refractivity contribution is 6.58. The van der Waals surface area contributed by atoms with E-state index in [1.54, 1.807) is 0 Å². The van der Waals surface area contributed by atoms with Gasteiger partial charge in [0.25, 0.3) is 0 Å². The van der Waals surface area contributed by atoms with Gasteiger partial charge in [-0.15, -0.1) is 0 Å². The van der Waals surface area contributed by atoms with Crippen LogP contribution in [0.2, 0.25) is 0 Å². The molecule has 0 bridgehead atoms. The van der Waals surface area contributed by atoms with Gasteiger partial charge < -0.3 is 14.8 Å². The van der Waals surface area contributed by atoms with E-state index in [0.717, 1.165) is 0 Å². The summed E-state index contributed by atoms with van der Waals surface area (Å²) in [5.74, 6) is 0.400. The predicted octanol–water partition coefficient (Wildman–Crippen LogP) is 1.09. The molecule has 1 rings (SSSR count). The van der Waals surface area contributed by atoms with Gasteiger partial charge in [0.05, 0.1) is 6.61 Å². The van der Waals surface area contributed by atoms with Gasteiger partial charge in [0.15, 0.2) is 0 Å². The van der Waals surface area contributed by atoms with Crippen molar-refractivity contribution in [3.05, 3.63) is 24.3 Å². The lowest BCUT2D eigenvalue weighted by Gasteiger charge is -2.08. The molecule has 0 saturated carbocycles. The van der Waals surface area contributed by atoms with Gasteiger partial charge in [-0.25, -0.2) is 0 Å². The lowest BCUT2D eigenvalue weighted by molar-refractivity contribution is -0.136. The number of benzene rings is 1. The first kappa shape index (κ1) is 13.9. The minimum atomic E-state index is -4.16. The van der Waals surface area contributed by atoms with Crippen molar-refractivity contribution in [1.29, 1.82) is 0 Å². The molecule has 7 heteroatoms. The van der Waals surface area contributed by atoms with Gasteiger partial charge in [-0.1, -0.05) is 12.1 Å². The number of rotatable bonds is 5. The summed E-state index contributed by atoms with van der Waals surface area (Å²) in [6.45, 7) is -0.0272. The third-order valence-electron chi connectivity index (χ3n) is 2.05. The molecule has 0 aromatic heterocycles. The molecule has 0 aliphatic heterocycles. The second-order valence-corrected chi connectivity index (χ2v) is 3.51. The molecule has 0 fully saturated rings. The molecule has 94 valence electrons. The summed E-state index contributed by atoms with van der Waals surface area (Å²) in [4.78, 5) is 0. The van der Waals surface area contributed by atoms with E-state index < -0.39 is 19.7 Å². The summed E-state index contributed by atoms with van der Waals surface area (Å²) in [7, 11) is -1.56. The minimum Gasteiger partial charge on any atom is -0.494 e. The number of ether oxygens (including phenoxy) is 1. The van der Waals surface area contributed by atoms with E-state index in [-0.39, 0.29) is 13.0 Å². The van der Waals surface area contributed by atoms with E-state index in [0.29, 0.717) is 11.2 Å². The van der Waals surface area contributed by atoms with Crippen LogP contribution in [-0.2, 0) is 0 Å². The zero-order valence-electron chi connectivity index (χ0n) is 8.94. The standard InChI is InChI=1S/C10H12BF3O3/c12-10(13,14)6-1-7-17-9-4-2-8(3-5-9)11(15)16/h2-5,15-16H,1,6-7H2. The van der Waals surface area contributed by atoms with Gasteiger partial charge in [0.1, 0.15) is 5.75 Å². The number of alkyl halides is 3. The third-order valence-corrected chi connectivity index (χ3v) is 2.05. The first-order valence-electron chi connectivity index (χ1n) is 5.04. The SMILES string of the molecule is OB(O)c1ccc(OCCCC(F)(F)F)cc1. The fourth-order valence-electron chi connectivity index (χ4n) is 1.20. The number of hydrogen-bond donors (Lipinski definition) is 2. The second-order valence-electron chi connectivity index (χ2n) is 3.51. The van der Waals surface area contributed by atoms with Gasteiger partial charge in [0, 0.05) is 6.42 Å². The van der Waals surface area contributed by atoms with Crippen molar-refractivity contribution < 1.29 is 28.0 Å². The van der Waals surface area contributed by atoms with E-state index >= 15 is 0 Å². The Morgan fingerprint density at radius 1 is 1.12 bits per heavy atom. The van der Waals surface area contributed by atoms with Gasteiger partial charge in [-0.2, -0.15) is 13.2 Å².